The lowest BCUT2D eigenvalue weighted by atomic mass is 9.69. The van der Waals surface area contributed by atoms with Crippen LogP contribution in [0, 0.1) is 23.1 Å². The average molecular weight is 327 g/mol. The predicted molar refractivity (Wildman–Crippen MR) is 70.8 cm³/mol. The zero-order valence-electron chi connectivity index (χ0n) is 10.2. The van der Waals surface area contributed by atoms with E-state index in [1.165, 1.54) is 13.2 Å². The highest BCUT2D eigenvalue weighted by molar-refractivity contribution is 9.10. The third-order valence-electron chi connectivity index (χ3n) is 3.24. The van der Waals surface area contributed by atoms with Crippen LogP contribution in [-0.4, -0.2) is 18.6 Å². The number of carbonyl (C=O) groups is 1. The SMILES string of the molecule is COC(=O)C1CC(C#N)(Nc2ccc(Br)c(F)c2)C1. The van der Waals surface area contributed by atoms with Crippen LogP contribution in [0.3, 0.4) is 0 Å². The number of hydrogen-bond acceptors (Lipinski definition) is 4. The molecule has 0 atom stereocenters. The van der Waals surface area contributed by atoms with Crippen LogP contribution >= 0.6 is 15.9 Å². The zero-order chi connectivity index (χ0) is 14.0. The molecule has 0 spiro atoms. The molecule has 2 rings (SSSR count). The molecule has 0 radical (unpaired) electrons. The van der Waals surface area contributed by atoms with Crippen LogP contribution < -0.4 is 5.32 Å². The minimum Gasteiger partial charge on any atom is -0.469 e. The van der Waals surface area contributed by atoms with Gasteiger partial charge in [0, 0.05) is 5.69 Å². The van der Waals surface area contributed by atoms with Gasteiger partial charge in [-0.25, -0.2) is 4.39 Å². The molecular weight excluding hydrogens is 315 g/mol. The summed E-state index contributed by atoms with van der Waals surface area (Å²) >= 11 is 3.07. The molecule has 1 aromatic carbocycles. The van der Waals surface area contributed by atoms with Gasteiger partial charge in [-0.1, -0.05) is 0 Å². The first-order valence-corrected chi connectivity index (χ1v) is 6.51. The molecule has 1 fully saturated rings. The van der Waals surface area contributed by atoms with E-state index in [2.05, 4.69) is 32.1 Å². The van der Waals surface area contributed by atoms with Gasteiger partial charge in [0.2, 0.25) is 0 Å². The summed E-state index contributed by atoms with van der Waals surface area (Å²) in [5, 5.41) is 12.2. The predicted octanol–water partition coefficient (Wildman–Crippen LogP) is 2.85. The number of ether oxygens (including phenoxy) is 1. The van der Waals surface area contributed by atoms with E-state index >= 15 is 0 Å². The van der Waals surface area contributed by atoms with E-state index in [0.717, 1.165) is 0 Å². The second-order valence-corrected chi connectivity index (χ2v) is 5.43. The number of benzene rings is 1. The molecule has 1 aliphatic rings. The number of methoxy groups -OCH3 is 1. The Morgan fingerprint density at radius 1 is 1.63 bits per heavy atom. The van der Waals surface area contributed by atoms with Crippen molar-refractivity contribution in [2.75, 3.05) is 12.4 Å². The van der Waals surface area contributed by atoms with Crippen LogP contribution in [0.15, 0.2) is 22.7 Å². The first kappa shape index (κ1) is 13.8. The summed E-state index contributed by atoms with van der Waals surface area (Å²) in [6.45, 7) is 0. The maximum atomic E-state index is 13.4. The van der Waals surface area contributed by atoms with Crippen molar-refractivity contribution in [3.8, 4) is 6.07 Å². The van der Waals surface area contributed by atoms with Crippen molar-refractivity contribution in [2.24, 2.45) is 5.92 Å². The number of carbonyl (C=O) groups excluding carboxylic acids is 1. The molecule has 0 aliphatic heterocycles. The van der Waals surface area contributed by atoms with Gasteiger partial charge in [-0.05, 0) is 47.0 Å². The fourth-order valence-electron chi connectivity index (χ4n) is 2.19. The van der Waals surface area contributed by atoms with Crippen molar-refractivity contribution >= 4 is 27.6 Å². The second kappa shape index (κ2) is 5.17. The monoisotopic (exact) mass is 326 g/mol. The van der Waals surface area contributed by atoms with Crippen molar-refractivity contribution < 1.29 is 13.9 Å². The molecule has 1 aromatic rings. The molecule has 0 heterocycles. The minimum atomic E-state index is -0.820. The summed E-state index contributed by atoms with van der Waals surface area (Å²) in [6, 6.07) is 6.71. The normalized spacial score (nSPS) is 25.1. The largest absolute Gasteiger partial charge is 0.469 e. The van der Waals surface area contributed by atoms with Crippen molar-refractivity contribution in [3.05, 3.63) is 28.5 Å². The maximum Gasteiger partial charge on any atom is 0.308 e. The fraction of sp³-hybridized carbons (Fsp3) is 0.385. The van der Waals surface area contributed by atoms with E-state index in [0.29, 0.717) is 23.0 Å². The van der Waals surface area contributed by atoms with E-state index < -0.39 is 11.4 Å². The Balaban J connectivity index is 2.07. The molecule has 4 nitrogen and oxygen atoms in total. The van der Waals surface area contributed by atoms with E-state index in [1.807, 2.05) is 0 Å². The second-order valence-electron chi connectivity index (χ2n) is 4.58. The Labute approximate surface area is 118 Å². The van der Waals surface area contributed by atoms with Gasteiger partial charge in [-0.2, -0.15) is 5.26 Å². The number of anilines is 1. The Morgan fingerprint density at radius 2 is 2.32 bits per heavy atom. The van der Waals surface area contributed by atoms with Crippen LogP contribution in [-0.2, 0) is 9.53 Å². The lowest BCUT2D eigenvalue weighted by Gasteiger charge is -2.42. The van der Waals surface area contributed by atoms with Crippen molar-refractivity contribution in [1.82, 2.24) is 0 Å². The summed E-state index contributed by atoms with van der Waals surface area (Å²) in [6.07, 6.45) is 0.738. The third kappa shape index (κ3) is 2.71. The van der Waals surface area contributed by atoms with Gasteiger partial charge in [-0.3, -0.25) is 4.79 Å². The Hall–Kier alpha value is -1.61. The molecule has 0 unspecified atom stereocenters. The maximum absolute atomic E-state index is 13.4. The van der Waals surface area contributed by atoms with E-state index in [-0.39, 0.29) is 11.9 Å². The quantitative estimate of drug-likeness (QED) is 0.867. The van der Waals surface area contributed by atoms with Gasteiger partial charge in [-0.15, -0.1) is 0 Å². The molecule has 19 heavy (non-hydrogen) atoms. The lowest BCUT2D eigenvalue weighted by molar-refractivity contribution is -0.149. The Kier molecular flexibility index (Phi) is 3.76. The van der Waals surface area contributed by atoms with Crippen molar-refractivity contribution in [1.29, 1.82) is 5.26 Å². The Bertz CT molecular complexity index is 550. The number of nitrogens with zero attached hydrogens (tertiary/aromatic N) is 1. The number of esters is 1. The first-order valence-electron chi connectivity index (χ1n) is 5.72. The molecule has 6 heteroatoms. The van der Waals surface area contributed by atoms with Crippen LogP contribution in [0.2, 0.25) is 0 Å². The molecule has 1 N–H and O–H groups in total. The fourth-order valence-corrected chi connectivity index (χ4v) is 2.43. The van der Waals surface area contributed by atoms with Gasteiger partial charge >= 0.3 is 5.97 Å². The first-order chi connectivity index (χ1) is 8.99. The van der Waals surface area contributed by atoms with E-state index in [9.17, 15) is 14.4 Å². The molecule has 1 aliphatic carbocycles. The third-order valence-corrected chi connectivity index (χ3v) is 3.88. The zero-order valence-corrected chi connectivity index (χ0v) is 11.8. The topological polar surface area (TPSA) is 62.1 Å². The van der Waals surface area contributed by atoms with Crippen LogP contribution in [0.25, 0.3) is 0 Å². The highest BCUT2D eigenvalue weighted by atomic mass is 79.9. The van der Waals surface area contributed by atoms with E-state index in [4.69, 9.17) is 0 Å². The minimum absolute atomic E-state index is 0.266. The molecule has 0 bridgehead atoms. The molecule has 1 saturated carbocycles. The highest BCUT2D eigenvalue weighted by Crippen LogP contribution is 2.41. The molecule has 0 amide bonds. The van der Waals surface area contributed by atoms with Crippen molar-refractivity contribution in [3.63, 3.8) is 0 Å². The Morgan fingerprint density at radius 3 is 2.84 bits per heavy atom. The van der Waals surface area contributed by atoms with Crippen molar-refractivity contribution in [2.45, 2.75) is 18.4 Å². The number of rotatable bonds is 3. The van der Waals surface area contributed by atoms with Gasteiger partial charge < -0.3 is 10.1 Å². The summed E-state index contributed by atoms with van der Waals surface area (Å²) in [5.41, 5.74) is -0.301. The molecule has 0 saturated heterocycles. The molecular formula is C13H12BrFN2O2. The van der Waals surface area contributed by atoms with Gasteiger partial charge in [0.05, 0.1) is 23.6 Å². The van der Waals surface area contributed by atoms with Crippen LogP contribution in [0.5, 0.6) is 0 Å². The number of nitriles is 1. The van der Waals surface area contributed by atoms with Crippen LogP contribution in [0.1, 0.15) is 12.8 Å². The summed E-state index contributed by atoms with van der Waals surface area (Å²) in [5.74, 6) is -0.978. The number of nitrogens with one attached hydrogen (secondary N) is 1. The molecule has 0 aromatic heterocycles. The average Bonchev–Trinajstić information content (AvgIpc) is 2.36. The number of halogens is 2. The van der Waals surface area contributed by atoms with Gasteiger partial charge in [0.1, 0.15) is 11.4 Å². The summed E-state index contributed by atoms with van der Waals surface area (Å²) in [7, 11) is 1.33. The highest BCUT2D eigenvalue weighted by Gasteiger charge is 2.48. The van der Waals surface area contributed by atoms with Crippen LogP contribution in [0.4, 0.5) is 10.1 Å². The standard InChI is InChI=1S/C13H12BrFN2O2/c1-19-12(18)8-5-13(6-8,7-16)17-9-2-3-10(14)11(15)4-9/h2-4,8,17H,5-6H2,1H3. The number of hydrogen-bond donors (Lipinski definition) is 1. The smallest absolute Gasteiger partial charge is 0.308 e. The summed E-state index contributed by atoms with van der Waals surface area (Å²) < 4.78 is 18.4. The van der Waals surface area contributed by atoms with Gasteiger partial charge in [0.15, 0.2) is 0 Å². The molecule has 100 valence electrons. The summed E-state index contributed by atoms with van der Waals surface area (Å²) in [4.78, 5) is 11.3. The van der Waals surface area contributed by atoms with E-state index in [1.54, 1.807) is 12.1 Å². The lowest BCUT2D eigenvalue weighted by Crippen LogP contribution is -2.51. The van der Waals surface area contributed by atoms with Gasteiger partial charge in [0.25, 0.3) is 0 Å².